The van der Waals surface area contributed by atoms with Gasteiger partial charge in [0.05, 0.1) is 4.90 Å². The van der Waals surface area contributed by atoms with Crippen LogP contribution in [0.2, 0.25) is 0 Å². The fourth-order valence-corrected chi connectivity index (χ4v) is 4.39. The summed E-state index contributed by atoms with van der Waals surface area (Å²) in [5.74, 6) is 0.151. The summed E-state index contributed by atoms with van der Waals surface area (Å²) in [6, 6.07) is 10.1. The number of aromatic nitrogens is 3. The number of benzene rings is 1. The van der Waals surface area contributed by atoms with Crippen molar-refractivity contribution in [2.24, 2.45) is 0 Å². The molecule has 0 atom stereocenters. The van der Waals surface area contributed by atoms with Crippen molar-refractivity contribution in [3.8, 4) is 11.4 Å². The fraction of sp³-hybridized carbons (Fsp3) is 0.333. The maximum atomic E-state index is 12.5. The number of pyridine rings is 1. The van der Waals surface area contributed by atoms with Gasteiger partial charge in [-0.05, 0) is 36.2 Å². The number of aryl methyl sites for hydroxylation is 1. The SMILES string of the molecule is CCN(CC)S(=O)(=O)c1ccc(CCC(=O)OCc2nc(-c3cccnc3)no2)cc1. The highest BCUT2D eigenvalue weighted by Crippen LogP contribution is 2.17. The van der Waals surface area contributed by atoms with Crippen molar-refractivity contribution in [2.75, 3.05) is 13.1 Å². The van der Waals surface area contributed by atoms with E-state index in [9.17, 15) is 13.2 Å². The number of carbonyl (C=O) groups excluding carboxylic acids is 1. The van der Waals surface area contributed by atoms with Crippen LogP contribution in [0.25, 0.3) is 11.4 Å². The first kappa shape index (κ1) is 22.6. The Morgan fingerprint density at radius 1 is 1.13 bits per heavy atom. The molecule has 1 aromatic carbocycles. The van der Waals surface area contributed by atoms with Crippen molar-refractivity contribution in [3.63, 3.8) is 0 Å². The number of rotatable bonds is 10. The minimum absolute atomic E-state index is 0.118. The molecule has 0 aliphatic heterocycles. The summed E-state index contributed by atoms with van der Waals surface area (Å²) in [4.78, 5) is 20.4. The summed E-state index contributed by atoms with van der Waals surface area (Å²) in [7, 11) is -3.49. The molecule has 0 N–H and O–H groups in total. The van der Waals surface area contributed by atoms with Crippen molar-refractivity contribution in [2.45, 2.75) is 38.2 Å². The van der Waals surface area contributed by atoms with E-state index >= 15 is 0 Å². The summed E-state index contributed by atoms with van der Waals surface area (Å²) in [6.07, 6.45) is 3.82. The van der Waals surface area contributed by atoms with Gasteiger partial charge in [-0.15, -0.1) is 0 Å². The van der Waals surface area contributed by atoms with E-state index in [1.165, 1.54) is 4.31 Å². The van der Waals surface area contributed by atoms with Gasteiger partial charge < -0.3 is 9.26 Å². The first-order valence-electron chi connectivity index (χ1n) is 9.91. The lowest BCUT2D eigenvalue weighted by atomic mass is 10.1. The summed E-state index contributed by atoms with van der Waals surface area (Å²) >= 11 is 0. The second-order valence-corrected chi connectivity index (χ2v) is 8.59. The molecular formula is C21H24N4O5S. The fourth-order valence-electron chi connectivity index (χ4n) is 2.93. The standard InChI is InChI=1S/C21H24N4O5S/c1-3-25(4-2)31(27,28)18-10-7-16(8-11-18)9-12-20(26)29-15-19-23-21(24-30-19)17-6-5-13-22-14-17/h5-8,10-11,13-14H,3-4,9,12,15H2,1-2H3. The van der Waals surface area contributed by atoms with Gasteiger partial charge in [-0.25, -0.2) is 8.42 Å². The number of ether oxygens (including phenoxy) is 1. The molecule has 31 heavy (non-hydrogen) atoms. The van der Waals surface area contributed by atoms with Crippen LogP contribution in [-0.4, -0.2) is 46.9 Å². The molecule has 164 valence electrons. The highest BCUT2D eigenvalue weighted by molar-refractivity contribution is 7.89. The van der Waals surface area contributed by atoms with Crippen LogP contribution in [0, 0.1) is 0 Å². The van der Waals surface area contributed by atoms with E-state index < -0.39 is 16.0 Å². The molecule has 0 aliphatic carbocycles. The number of carbonyl (C=O) groups is 1. The Bertz CT molecular complexity index is 1090. The molecule has 0 unspecified atom stereocenters. The maximum absolute atomic E-state index is 12.5. The third-order valence-electron chi connectivity index (χ3n) is 4.63. The van der Waals surface area contributed by atoms with Gasteiger partial charge in [-0.3, -0.25) is 9.78 Å². The molecule has 10 heteroatoms. The Morgan fingerprint density at radius 3 is 2.52 bits per heavy atom. The van der Waals surface area contributed by atoms with E-state index in [-0.39, 0.29) is 23.8 Å². The first-order valence-corrected chi connectivity index (χ1v) is 11.4. The van der Waals surface area contributed by atoms with Crippen molar-refractivity contribution >= 4 is 16.0 Å². The first-order chi connectivity index (χ1) is 14.9. The van der Waals surface area contributed by atoms with Crippen molar-refractivity contribution in [1.82, 2.24) is 19.4 Å². The predicted molar refractivity (Wildman–Crippen MR) is 112 cm³/mol. The molecule has 0 aliphatic rings. The monoisotopic (exact) mass is 444 g/mol. The Balaban J connectivity index is 1.49. The highest BCUT2D eigenvalue weighted by atomic mass is 32.2. The van der Waals surface area contributed by atoms with Gasteiger partial charge in [0.1, 0.15) is 0 Å². The highest BCUT2D eigenvalue weighted by Gasteiger charge is 2.21. The molecular weight excluding hydrogens is 420 g/mol. The van der Waals surface area contributed by atoms with Crippen LogP contribution in [0.15, 0.2) is 58.2 Å². The molecule has 0 saturated heterocycles. The molecule has 3 rings (SSSR count). The molecule has 2 heterocycles. The summed E-state index contributed by atoms with van der Waals surface area (Å²) in [5, 5.41) is 3.84. The maximum Gasteiger partial charge on any atom is 0.306 e. The molecule has 0 saturated carbocycles. The van der Waals surface area contributed by atoms with Crippen LogP contribution >= 0.6 is 0 Å². The van der Waals surface area contributed by atoms with Crippen molar-refractivity contribution < 1.29 is 22.5 Å². The summed E-state index contributed by atoms with van der Waals surface area (Å²) in [5.41, 5.74) is 1.54. The van der Waals surface area contributed by atoms with Crippen LogP contribution in [0.1, 0.15) is 31.7 Å². The predicted octanol–water partition coefficient (Wildman–Crippen LogP) is 2.84. The quantitative estimate of drug-likeness (QED) is 0.438. The lowest BCUT2D eigenvalue weighted by Crippen LogP contribution is -2.30. The van der Waals surface area contributed by atoms with E-state index in [0.717, 1.165) is 5.56 Å². The van der Waals surface area contributed by atoms with Gasteiger partial charge in [0.15, 0.2) is 6.61 Å². The average molecular weight is 445 g/mol. The zero-order chi connectivity index (χ0) is 22.3. The molecule has 0 amide bonds. The van der Waals surface area contributed by atoms with Crippen LogP contribution < -0.4 is 0 Å². The van der Waals surface area contributed by atoms with E-state index in [1.54, 1.807) is 62.6 Å². The zero-order valence-electron chi connectivity index (χ0n) is 17.4. The normalized spacial score (nSPS) is 11.6. The Kier molecular flexibility index (Phi) is 7.48. The number of hydrogen-bond acceptors (Lipinski definition) is 8. The van der Waals surface area contributed by atoms with Crippen molar-refractivity contribution in [1.29, 1.82) is 0 Å². The van der Waals surface area contributed by atoms with Gasteiger partial charge in [0.25, 0.3) is 5.89 Å². The number of hydrogen-bond donors (Lipinski definition) is 0. The van der Waals surface area contributed by atoms with E-state index in [4.69, 9.17) is 9.26 Å². The molecule has 0 radical (unpaired) electrons. The topological polar surface area (TPSA) is 115 Å². The van der Waals surface area contributed by atoms with Crippen LogP contribution in [0.3, 0.4) is 0 Å². The molecule has 2 aromatic heterocycles. The van der Waals surface area contributed by atoms with E-state index in [0.29, 0.717) is 30.9 Å². The Hall–Kier alpha value is -3.11. The molecule has 0 bridgehead atoms. The third kappa shape index (κ3) is 5.74. The third-order valence-corrected chi connectivity index (χ3v) is 6.69. The van der Waals surface area contributed by atoms with E-state index in [1.807, 2.05) is 0 Å². The zero-order valence-corrected chi connectivity index (χ0v) is 18.2. The second kappa shape index (κ2) is 10.3. The van der Waals surface area contributed by atoms with Gasteiger partial charge in [0.2, 0.25) is 15.8 Å². The van der Waals surface area contributed by atoms with Gasteiger partial charge in [0, 0.05) is 37.5 Å². The molecule has 3 aromatic rings. The lowest BCUT2D eigenvalue weighted by molar-refractivity contribution is -0.145. The second-order valence-electron chi connectivity index (χ2n) is 6.65. The largest absolute Gasteiger partial charge is 0.456 e. The molecule has 0 fully saturated rings. The lowest BCUT2D eigenvalue weighted by Gasteiger charge is -2.18. The smallest absolute Gasteiger partial charge is 0.306 e. The molecule has 0 spiro atoms. The summed E-state index contributed by atoms with van der Waals surface area (Å²) < 4.78 is 36.7. The van der Waals surface area contributed by atoms with Crippen molar-refractivity contribution in [3.05, 3.63) is 60.2 Å². The average Bonchev–Trinajstić information content (AvgIpc) is 3.27. The number of nitrogens with zero attached hydrogens (tertiary/aromatic N) is 4. The number of esters is 1. The van der Waals surface area contributed by atoms with Gasteiger partial charge in [-0.2, -0.15) is 9.29 Å². The number of sulfonamides is 1. The molecule has 9 nitrogen and oxygen atoms in total. The minimum Gasteiger partial charge on any atom is -0.456 e. The minimum atomic E-state index is -3.49. The van der Waals surface area contributed by atoms with E-state index in [2.05, 4.69) is 15.1 Å². The van der Waals surface area contributed by atoms with Crippen LogP contribution in [0.5, 0.6) is 0 Å². The Labute approximate surface area is 181 Å². The van der Waals surface area contributed by atoms with Gasteiger partial charge >= 0.3 is 5.97 Å². The van der Waals surface area contributed by atoms with Gasteiger partial charge in [-0.1, -0.05) is 31.1 Å². The Morgan fingerprint density at radius 2 is 1.87 bits per heavy atom. The van der Waals surface area contributed by atoms with Crippen LogP contribution in [0.4, 0.5) is 0 Å². The van der Waals surface area contributed by atoms with Crippen LogP contribution in [-0.2, 0) is 32.6 Å². The summed E-state index contributed by atoms with van der Waals surface area (Å²) in [6.45, 7) is 4.31.